The van der Waals surface area contributed by atoms with Gasteiger partial charge in [0, 0.05) is 30.1 Å². The van der Waals surface area contributed by atoms with Crippen LogP contribution in [-0.2, 0) is 0 Å². The van der Waals surface area contributed by atoms with Crippen LogP contribution in [0.1, 0.15) is 33.1 Å². The lowest BCUT2D eigenvalue weighted by Gasteiger charge is -2.26. The lowest BCUT2D eigenvalue weighted by atomic mass is 10.0. The molecule has 0 atom stereocenters. The Hall–Kier alpha value is -0.440. The quantitative estimate of drug-likeness (QED) is 0.621. The second-order valence-corrected chi connectivity index (χ2v) is 6.55. The zero-order valence-electron chi connectivity index (χ0n) is 9.05. The van der Waals surface area contributed by atoms with E-state index in [9.17, 15) is 0 Å². The van der Waals surface area contributed by atoms with Crippen molar-refractivity contribution in [3.05, 3.63) is 11.1 Å². The van der Waals surface area contributed by atoms with Gasteiger partial charge in [0.2, 0.25) is 0 Å². The van der Waals surface area contributed by atoms with E-state index in [1.807, 2.05) is 0 Å². The largest absolute Gasteiger partial charge is 0.393 e. The average Bonchev–Trinajstić information content (AvgIpc) is 2.51. The summed E-state index contributed by atoms with van der Waals surface area (Å²) in [6.45, 7) is 6.99. The normalized spacial score (nSPS) is 26.6. The van der Waals surface area contributed by atoms with E-state index in [0.717, 1.165) is 11.4 Å². The van der Waals surface area contributed by atoms with Gasteiger partial charge < -0.3 is 5.73 Å². The van der Waals surface area contributed by atoms with Crippen molar-refractivity contribution >= 4 is 17.5 Å². The lowest BCUT2D eigenvalue weighted by molar-refractivity contribution is -0.506. The van der Waals surface area contributed by atoms with Crippen LogP contribution >= 0.6 is 11.8 Å². The molecule has 0 radical (unpaired) electrons. The van der Waals surface area contributed by atoms with Crippen molar-refractivity contribution in [2.24, 2.45) is 5.73 Å². The Labute approximate surface area is 90.3 Å². The Morgan fingerprint density at radius 2 is 2.00 bits per heavy atom. The molecule has 78 valence electrons. The maximum Gasteiger partial charge on any atom is 0.180 e. The van der Waals surface area contributed by atoms with Gasteiger partial charge in [-0.25, -0.2) is 4.58 Å². The number of nitrogens with zero attached hydrogens (tertiary/aromatic N) is 1. The summed E-state index contributed by atoms with van der Waals surface area (Å²) in [5, 5.41) is 0.975. The Bertz CT molecular complexity index is 294. The van der Waals surface area contributed by atoms with E-state index < -0.39 is 0 Å². The molecule has 0 bridgehead atoms. The number of nitrogens with two attached hydrogens (primary N) is 1. The number of hydrogen-bond acceptors (Lipinski definition) is 2. The highest BCUT2D eigenvalue weighted by Gasteiger charge is 2.31. The zero-order chi connectivity index (χ0) is 10.2. The molecular weight excluding hydrogens is 192 g/mol. The van der Waals surface area contributed by atoms with Crippen LogP contribution in [-0.4, -0.2) is 28.1 Å². The number of allylic oxidation sites excluding steroid dienone is 1. The molecule has 2 aliphatic rings. The van der Waals surface area contributed by atoms with Gasteiger partial charge in [-0.2, -0.15) is 0 Å². The van der Waals surface area contributed by atoms with Crippen LogP contribution in [0.5, 0.6) is 0 Å². The number of hydrogen-bond donors (Lipinski definition) is 1. The molecule has 2 rings (SSSR count). The highest BCUT2D eigenvalue weighted by atomic mass is 32.2. The highest BCUT2D eigenvalue weighted by Crippen LogP contribution is 2.36. The van der Waals surface area contributed by atoms with Gasteiger partial charge in [-0.15, -0.1) is 11.8 Å². The minimum atomic E-state index is 0.275. The van der Waals surface area contributed by atoms with E-state index in [1.165, 1.54) is 31.6 Å². The van der Waals surface area contributed by atoms with Gasteiger partial charge in [0.05, 0.1) is 5.03 Å². The first-order chi connectivity index (χ1) is 6.57. The van der Waals surface area contributed by atoms with Crippen LogP contribution < -0.4 is 5.73 Å². The van der Waals surface area contributed by atoms with Crippen molar-refractivity contribution in [3.63, 3.8) is 0 Å². The van der Waals surface area contributed by atoms with Gasteiger partial charge in [-0.1, -0.05) is 0 Å². The molecule has 2 aliphatic heterocycles. The van der Waals surface area contributed by atoms with Crippen LogP contribution in [0.2, 0.25) is 0 Å². The third kappa shape index (κ3) is 2.14. The van der Waals surface area contributed by atoms with Gasteiger partial charge in [-0.3, -0.25) is 0 Å². The molecule has 0 aromatic heterocycles. The maximum absolute atomic E-state index is 5.94. The van der Waals surface area contributed by atoms with E-state index in [2.05, 4.69) is 24.5 Å². The molecule has 14 heavy (non-hydrogen) atoms. The standard InChI is InChI=1S/C11H18N2S/c1-11(2)8-9(7-10(12)14-11)13-5-3-4-6-13/h7,12H,3-6,8H2,1-2H3/p+1. The molecule has 0 unspecified atom stereocenters. The van der Waals surface area contributed by atoms with Gasteiger partial charge >= 0.3 is 0 Å². The molecule has 2 N–H and O–H groups in total. The smallest absolute Gasteiger partial charge is 0.180 e. The van der Waals surface area contributed by atoms with Gasteiger partial charge in [0.25, 0.3) is 0 Å². The molecule has 1 saturated heterocycles. The minimum absolute atomic E-state index is 0.275. The second kappa shape index (κ2) is 3.61. The third-order valence-electron chi connectivity index (χ3n) is 2.82. The molecule has 0 aliphatic carbocycles. The SMILES string of the molecule is CC1(C)CC(=[N+]2CCCC2)C=C(N)S1. The molecule has 0 saturated carbocycles. The summed E-state index contributed by atoms with van der Waals surface area (Å²) in [4.78, 5) is 0. The van der Waals surface area contributed by atoms with Gasteiger partial charge in [0.15, 0.2) is 5.71 Å². The predicted octanol–water partition coefficient (Wildman–Crippen LogP) is 1.95. The summed E-state index contributed by atoms with van der Waals surface area (Å²) in [6.07, 6.45) is 6.00. The molecule has 2 heterocycles. The summed E-state index contributed by atoms with van der Waals surface area (Å²) in [5.74, 6) is 0. The van der Waals surface area contributed by atoms with Crippen molar-refractivity contribution in [1.82, 2.24) is 0 Å². The molecule has 0 amide bonds. The molecule has 1 fully saturated rings. The molecule has 3 heteroatoms. The first kappa shape index (κ1) is 10.1. The molecular formula is C11H19N2S+. The Morgan fingerprint density at radius 1 is 1.36 bits per heavy atom. The molecule has 2 nitrogen and oxygen atoms in total. The van der Waals surface area contributed by atoms with E-state index in [1.54, 1.807) is 11.8 Å². The van der Waals surface area contributed by atoms with Crippen molar-refractivity contribution in [1.29, 1.82) is 0 Å². The van der Waals surface area contributed by atoms with Gasteiger partial charge in [0.1, 0.15) is 13.1 Å². The fourth-order valence-corrected chi connectivity index (χ4v) is 3.30. The zero-order valence-corrected chi connectivity index (χ0v) is 9.86. The fraction of sp³-hybridized carbons (Fsp3) is 0.727. The van der Waals surface area contributed by atoms with Crippen molar-refractivity contribution in [2.75, 3.05) is 13.1 Å². The van der Waals surface area contributed by atoms with Crippen molar-refractivity contribution < 1.29 is 4.58 Å². The van der Waals surface area contributed by atoms with Crippen molar-refractivity contribution in [2.45, 2.75) is 37.9 Å². The molecule has 0 spiro atoms. The fourth-order valence-electron chi connectivity index (χ4n) is 2.24. The second-order valence-electron chi connectivity index (χ2n) is 4.77. The summed E-state index contributed by atoms with van der Waals surface area (Å²) in [5.41, 5.74) is 7.39. The van der Waals surface area contributed by atoms with Crippen LogP contribution in [0.4, 0.5) is 0 Å². The third-order valence-corrected chi connectivity index (χ3v) is 3.87. The van der Waals surface area contributed by atoms with Crippen LogP contribution in [0.25, 0.3) is 0 Å². The van der Waals surface area contributed by atoms with Crippen LogP contribution in [0.3, 0.4) is 0 Å². The predicted molar refractivity (Wildman–Crippen MR) is 62.8 cm³/mol. The summed E-state index contributed by atoms with van der Waals surface area (Å²) in [6, 6.07) is 0. The summed E-state index contributed by atoms with van der Waals surface area (Å²) >= 11 is 1.80. The number of rotatable bonds is 0. The maximum atomic E-state index is 5.94. The molecule has 0 aromatic carbocycles. The first-order valence-electron chi connectivity index (χ1n) is 5.34. The minimum Gasteiger partial charge on any atom is -0.393 e. The monoisotopic (exact) mass is 211 g/mol. The Balaban J connectivity index is 2.28. The Morgan fingerprint density at radius 3 is 2.57 bits per heavy atom. The molecule has 0 aromatic rings. The van der Waals surface area contributed by atoms with Crippen LogP contribution in [0, 0.1) is 0 Å². The first-order valence-corrected chi connectivity index (χ1v) is 6.15. The topological polar surface area (TPSA) is 29.0 Å². The van der Waals surface area contributed by atoms with Gasteiger partial charge in [-0.05, 0) is 13.8 Å². The lowest BCUT2D eigenvalue weighted by Crippen LogP contribution is -2.30. The number of thioether (sulfide) groups is 1. The summed E-state index contributed by atoms with van der Waals surface area (Å²) in [7, 11) is 0. The Kier molecular flexibility index (Phi) is 2.60. The van der Waals surface area contributed by atoms with Crippen LogP contribution in [0.15, 0.2) is 11.1 Å². The van der Waals surface area contributed by atoms with E-state index in [0.29, 0.717) is 0 Å². The van der Waals surface area contributed by atoms with E-state index in [-0.39, 0.29) is 4.75 Å². The highest BCUT2D eigenvalue weighted by molar-refractivity contribution is 8.04. The summed E-state index contributed by atoms with van der Waals surface area (Å²) < 4.78 is 2.77. The van der Waals surface area contributed by atoms with Crippen molar-refractivity contribution in [3.8, 4) is 0 Å². The van der Waals surface area contributed by atoms with E-state index in [4.69, 9.17) is 5.73 Å². The van der Waals surface area contributed by atoms with E-state index >= 15 is 0 Å². The average molecular weight is 211 g/mol.